The molecule has 112 valence electrons. The molecule has 1 amide bonds. The molecule has 1 rings (SSSR count). The normalized spacial score (nSPS) is 10.7. The van der Waals surface area contributed by atoms with Crippen LogP contribution in [0.3, 0.4) is 0 Å². The molecule has 0 saturated heterocycles. The predicted octanol–water partition coefficient (Wildman–Crippen LogP) is 3.68. The molecule has 0 unspecified atom stereocenters. The minimum Gasteiger partial charge on any atom is -0.370 e. The van der Waals surface area contributed by atoms with Gasteiger partial charge < -0.3 is 10.2 Å². The largest absolute Gasteiger partial charge is 0.370 e. The van der Waals surface area contributed by atoms with Crippen LogP contribution in [0.25, 0.3) is 0 Å². The second-order valence-corrected chi connectivity index (χ2v) is 5.62. The van der Waals surface area contributed by atoms with Crippen molar-refractivity contribution in [3.05, 3.63) is 22.8 Å². The van der Waals surface area contributed by atoms with Crippen LogP contribution < -0.4 is 5.32 Å². The smallest absolute Gasteiger partial charge is 0.255 e. The van der Waals surface area contributed by atoms with E-state index < -0.39 is 0 Å². The highest BCUT2D eigenvalue weighted by Gasteiger charge is 2.19. The van der Waals surface area contributed by atoms with E-state index in [0.717, 1.165) is 19.5 Å². The van der Waals surface area contributed by atoms with Crippen LogP contribution in [0, 0.1) is 5.92 Å². The third kappa shape index (κ3) is 4.67. The molecule has 0 aliphatic heterocycles. The molecule has 0 radical (unpaired) electrons. The van der Waals surface area contributed by atoms with E-state index in [1.54, 1.807) is 6.07 Å². The Morgan fingerprint density at radius 3 is 2.70 bits per heavy atom. The van der Waals surface area contributed by atoms with Crippen LogP contribution in [0.4, 0.5) is 5.82 Å². The lowest BCUT2D eigenvalue weighted by atomic mass is 10.1. The predicted molar refractivity (Wildman–Crippen MR) is 84.4 cm³/mol. The number of carbonyl (C=O) groups excluding carboxylic acids is 1. The van der Waals surface area contributed by atoms with E-state index in [1.165, 1.54) is 6.20 Å². The van der Waals surface area contributed by atoms with Crippen molar-refractivity contribution >= 4 is 23.3 Å². The molecule has 0 spiro atoms. The molecular formula is C15H24ClN3O. The van der Waals surface area contributed by atoms with Crippen LogP contribution >= 0.6 is 11.6 Å². The van der Waals surface area contributed by atoms with Crippen molar-refractivity contribution in [3.8, 4) is 0 Å². The van der Waals surface area contributed by atoms with Crippen molar-refractivity contribution in [2.75, 3.05) is 25.0 Å². The summed E-state index contributed by atoms with van der Waals surface area (Å²) in [4.78, 5) is 18.6. The highest BCUT2D eigenvalue weighted by molar-refractivity contribution is 6.33. The van der Waals surface area contributed by atoms with Gasteiger partial charge in [-0.1, -0.05) is 32.4 Å². The van der Waals surface area contributed by atoms with Crippen LogP contribution in [0.2, 0.25) is 5.02 Å². The van der Waals surface area contributed by atoms with Gasteiger partial charge in [-0.25, -0.2) is 4.98 Å². The lowest BCUT2D eigenvalue weighted by Gasteiger charge is -2.23. The van der Waals surface area contributed by atoms with Gasteiger partial charge in [-0.3, -0.25) is 4.79 Å². The number of rotatable bonds is 7. The molecular weight excluding hydrogens is 274 g/mol. The molecule has 1 aromatic heterocycles. The molecule has 0 aliphatic carbocycles. The fraction of sp³-hybridized carbons (Fsp3) is 0.600. The average Bonchev–Trinajstić information content (AvgIpc) is 2.43. The fourth-order valence-corrected chi connectivity index (χ4v) is 2.10. The van der Waals surface area contributed by atoms with Crippen LogP contribution in [0.5, 0.6) is 0 Å². The van der Waals surface area contributed by atoms with Crippen LogP contribution in [-0.4, -0.2) is 35.4 Å². The van der Waals surface area contributed by atoms with Gasteiger partial charge in [0.15, 0.2) is 0 Å². The number of anilines is 1. The Morgan fingerprint density at radius 2 is 2.15 bits per heavy atom. The van der Waals surface area contributed by atoms with Gasteiger partial charge in [0.1, 0.15) is 5.82 Å². The van der Waals surface area contributed by atoms with Gasteiger partial charge in [0.05, 0.1) is 10.6 Å². The van der Waals surface area contributed by atoms with Crippen LogP contribution in [0.1, 0.15) is 44.5 Å². The van der Waals surface area contributed by atoms with Crippen molar-refractivity contribution in [2.24, 2.45) is 5.92 Å². The van der Waals surface area contributed by atoms with Gasteiger partial charge in [-0.05, 0) is 25.3 Å². The second kappa shape index (κ2) is 8.10. The quantitative estimate of drug-likeness (QED) is 0.835. The standard InChI is InChI=1S/C15H24ClN3O/c1-5-7-17-14-8-12(13(16)9-18-14)15(20)19(6-2)10-11(3)4/h8-9,11H,5-7,10H2,1-4H3,(H,17,18). The lowest BCUT2D eigenvalue weighted by Crippen LogP contribution is -2.34. The van der Waals surface area contributed by atoms with Crippen molar-refractivity contribution < 1.29 is 4.79 Å². The number of amides is 1. The number of hydrogen-bond donors (Lipinski definition) is 1. The summed E-state index contributed by atoms with van der Waals surface area (Å²) in [5, 5.41) is 3.58. The maximum atomic E-state index is 12.5. The fourth-order valence-electron chi connectivity index (χ4n) is 1.92. The van der Waals surface area contributed by atoms with Gasteiger partial charge >= 0.3 is 0 Å². The number of nitrogens with one attached hydrogen (secondary N) is 1. The highest BCUT2D eigenvalue weighted by Crippen LogP contribution is 2.20. The molecule has 1 N–H and O–H groups in total. The van der Waals surface area contributed by atoms with Gasteiger partial charge in [-0.15, -0.1) is 0 Å². The number of carbonyl (C=O) groups is 1. The summed E-state index contributed by atoms with van der Waals surface area (Å²) in [6.45, 7) is 10.5. The van der Waals surface area contributed by atoms with E-state index in [-0.39, 0.29) is 5.91 Å². The summed E-state index contributed by atoms with van der Waals surface area (Å²) in [5.74, 6) is 1.09. The summed E-state index contributed by atoms with van der Waals surface area (Å²) in [6, 6.07) is 1.74. The minimum absolute atomic E-state index is 0.0341. The third-order valence-electron chi connectivity index (χ3n) is 2.90. The van der Waals surface area contributed by atoms with Gasteiger partial charge in [0.25, 0.3) is 5.91 Å². The topological polar surface area (TPSA) is 45.2 Å². The number of aromatic nitrogens is 1. The van der Waals surface area contributed by atoms with E-state index in [4.69, 9.17) is 11.6 Å². The SMILES string of the molecule is CCCNc1cc(C(=O)N(CC)CC(C)C)c(Cl)cn1. The molecule has 1 aromatic rings. The van der Waals surface area contributed by atoms with E-state index in [0.29, 0.717) is 28.9 Å². The summed E-state index contributed by atoms with van der Waals surface area (Å²) >= 11 is 6.12. The molecule has 0 aliphatic rings. The molecule has 0 fully saturated rings. The Labute approximate surface area is 126 Å². The zero-order valence-corrected chi connectivity index (χ0v) is 13.5. The lowest BCUT2D eigenvalue weighted by molar-refractivity contribution is 0.0746. The summed E-state index contributed by atoms with van der Waals surface area (Å²) < 4.78 is 0. The molecule has 0 aromatic carbocycles. The van der Waals surface area contributed by atoms with Crippen LogP contribution in [0.15, 0.2) is 12.3 Å². The highest BCUT2D eigenvalue weighted by atomic mass is 35.5. The Balaban J connectivity index is 2.94. The Morgan fingerprint density at radius 1 is 1.45 bits per heavy atom. The summed E-state index contributed by atoms with van der Waals surface area (Å²) in [7, 11) is 0. The molecule has 20 heavy (non-hydrogen) atoms. The van der Waals surface area contributed by atoms with E-state index >= 15 is 0 Å². The van der Waals surface area contributed by atoms with Gasteiger partial charge in [0.2, 0.25) is 0 Å². The van der Waals surface area contributed by atoms with Gasteiger partial charge in [0, 0.05) is 25.8 Å². The molecule has 5 heteroatoms. The maximum Gasteiger partial charge on any atom is 0.255 e. The number of pyridine rings is 1. The average molecular weight is 298 g/mol. The monoisotopic (exact) mass is 297 g/mol. The number of hydrogen-bond acceptors (Lipinski definition) is 3. The zero-order chi connectivity index (χ0) is 15.1. The van der Waals surface area contributed by atoms with E-state index in [2.05, 4.69) is 31.1 Å². The molecule has 0 saturated carbocycles. The van der Waals surface area contributed by atoms with E-state index in [1.807, 2.05) is 11.8 Å². The Bertz CT molecular complexity index is 449. The van der Waals surface area contributed by atoms with Crippen molar-refractivity contribution in [1.29, 1.82) is 0 Å². The van der Waals surface area contributed by atoms with Crippen LogP contribution in [-0.2, 0) is 0 Å². The molecule has 1 heterocycles. The third-order valence-corrected chi connectivity index (χ3v) is 3.20. The minimum atomic E-state index is -0.0341. The number of nitrogens with zero attached hydrogens (tertiary/aromatic N) is 2. The first-order chi connectivity index (χ1) is 9.49. The first-order valence-corrected chi connectivity index (χ1v) is 7.56. The van der Waals surface area contributed by atoms with Crippen molar-refractivity contribution in [3.63, 3.8) is 0 Å². The Kier molecular flexibility index (Phi) is 6.79. The van der Waals surface area contributed by atoms with Crippen molar-refractivity contribution in [1.82, 2.24) is 9.88 Å². The maximum absolute atomic E-state index is 12.5. The first-order valence-electron chi connectivity index (χ1n) is 7.18. The first kappa shape index (κ1) is 16.8. The van der Waals surface area contributed by atoms with E-state index in [9.17, 15) is 4.79 Å². The summed E-state index contributed by atoms with van der Waals surface area (Å²) in [5.41, 5.74) is 0.516. The molecule has 0 bridgehead atoms. The number of halogens is 1. The van der Waals surface area contributed by atoms with Crippen molar-refractivity contribution in [2.45, 2.75) is 34.1 Å². The Hall–Kier alpha value is -1.29. The molecule has 0 atom stereocenters. The molecule has 4 nitrogen and oxygen atoms in total. The summed E-state index contributed by atoms with van der Waals surface area (Å²) in [6.07, 6.45) is 2.54. The van der Waals surface area contributed by atoms with Gasteiger partial charge in [-0.2, -0.15) is 0 Å². The zero-order valence-electron chi connectivity index (χ0n) is 12.7. The second-order valence-electron chi connectivity index (χ2n) is 5.21.